The summed E-state index contributed by atoms with van der Waals surface area (Å²) in [4.78, 5) is 38.1. The lowest BCUT2D eigenvalue weighted by Gasteiger charge is -2.42. The molecular weight excluding hydrogens is 380 g/mol. The Labute approximate surface area is 174 Å². The summed E-state index contributed by atoms with van der Waals surface area (Å²) in [6, 6.07) is 11.8. The van der Waals surface area contributed by atoms with Gasteiger partial charge in [-0.05, 0) is 18.1 Å². The number of pyridine rings is 1. The smallest absolute Gasteiger partial charge is 0.255 e. The zero-order valence-corrected chi connectivity index (χ0v) is 16.7. The van der Waals surface area contributed by atoms with Crippen LogP contribution in [0, 0.1) is 0 Å². The maximum absolute atomic E-state index is 13.0. The summed E-state index contributed by atoms with van der Waals surface area (Å²) < 4.78 is 2.02. The number of hydrogen-bond donors (Lipinski definition) is 1. The lowest BCUT2D eigenvalue weighted by atomic mass is 10.1. The van der Waals surface area contributed by atoms with E-state index in [2.05, 4.69) is 32.3 Å². The lowest BCUT2D eigenvalue weighted by molar-refractivity contribution is -0.131. The molecule has 1 aromatic carbocycles. The second-order valence-electron chi connectivity index (χ2n) is 7.83. The summed E-state index contributed by atoms with van der Waals surface area (Å²) >= 11 is 0. The van der Waals surface area contributed by atoms with Crippen LogP contribution < -0.4 is 5.32 Å². The van der Waals surface area contributed by atoms with Gasteiger partial charge in [-0.3, -0.25) is 14.5 Å². The number of aryl methyl sites for hydroxylation is 2. The van der Waals surface area contributed by atoms with E-state index in [-0.39, 0.29) is 17.9 Å². The number of benzene rings is 1. The molecule has 0 radical (unpaired) electrons. The minimum atomic E-state index is -0.259. The van der Waals surface area contributed by atoms with E-state index >= 15 is 0 Å². The van der Waals surface area contributed by atoms with Crippen LogP contribution in [-0.2, 0) is 17.8 Å². The summed E-state index contributed by atoms with van der Waals surface area (Å²) in [5.41, 5.74) is 3.26. The molecule has 1 atom stereocenters. The van der Waals surface area contributed by atoms with Gasteiger partial charge in [0.2, 0.25) is 5.91 Å². The van der Waals surface area contributed by atoms with E-state index in [4.69, 9.17) is 0 Å². The molecule has 3 aromatic rings. The first-order chi connectivity index (χ1) is 14.7. The number of rotatable bonds is 4. The highest BCUT2D eigenvalue weighted by molar-refractivity contribution is 5.97. The van der Waals surface area contributed by atoms with Gasteiger partial charge in [0.05, 0.1) is 11.9 Å². The number of carbonyl (C=O) groups excluding carboxylic acids is 2. The fourth-order valence-electron chi connectivity index (χ4n) is 4.27. The molecule has 1 N–H and O–H groups in total. The summed E-state index contributed by atoms with van der Waals surface area (Å²) in [6.45, 7) is 4.04. The monoisotopic (exact) mass is 404 g/mol. The molecule has 2 aromatic heterocycles. The molecule has 2 aliphatic heterocycles. The normalized spacial score (nSPS) is 19.5. The van der Waals surface area contributed by atoms with Gasteiger partial charge in [0.15, 0.2) is 5.65 Å². The van der Waals surface area contributed by atoms with Crippen molar-refractivity contribution in [1.29, 1.82) is 0 Å². The maximum Gasteiger partial charge on any atom is 0.255 e. The Morgan fingerprint density at radius 2 is 2.00 bits per heavy atom. The fraction of sp³-hybridized carbons (Fsp3) is 0.364. The van der Waals surface area contributed by atoms with Gasteiger partial charge in [0.25, 0.3) is 5.91 Å². The third kappa shape index (κ3) is 3.54. The van der Waals surface area contributed by atoms with Crippen molar-refractivity contribution in [3.05, 3.63) is 60.0 Å². The molecule has 4 heterocycles. The Bertz CT molecular complexity index is 1080. The van der Waals surface area contributed by atoms with E-state index in [1.165, 1.54) is 5.56 Å². The Morgan fingerprint density at radius 1 is 1.13 bits per heavy atom. The molecule has 8 heteroatoms. The predicted octanol–water partition coefficient (Wildman–Crippen LogP) is 0.930. The van der Waals surface area contributed by atoms with Crippen LogP contribution in [0.15, 0.2) is 48.9 Å². The lowest BCUT2D eigenvalue weighted by Crippen LogP contribution is -2.64. The van der Waals surface area contributed by atoms with Crippen LogP contribution in [0.25, 0.3) is 11.2 Å². The third-order valence-corrected chi connectivity index (χ3v) is 5.97. The van der Waals surface area contributed by atoms with Crippen molar-refractivity contribution >= 4 is 23.0 Å². The largest absolute Gasteiger partial charge is 0.353 e. The van der Waals surface area contributed by atoms with Crippen molar-refractivity contribution in [2.45, 2.75) is 19.0 Å². The van der Waals surface area contributed by atoms with E-state index in [1.54, 1.807) is 23.5 Å². The van der Waals surface area contributed by atoms with Gasteiger partial charge < -0.3 is 14.8 Å². The van der Waals surface area contributed by atoms with Crippen molar-refractivity contribution < 1.29 is 9.59 Å². The molecule has 2 amide bonds. The van der Waals surface area contributed by atoms with Gasteiger partial charge in [-0.25, -0.2) is 9.97 Å². The zero-order valence-electron chi connectivity index (χ0n) is 16.7. The van der Waals surface area contributed by atoms with Crippen LogP contribution in [0.3, 0.4) is 0 Å². The Hall–Kier alpha value is -3.26. The Morgan fingerprint density at radius 3 is 2.87 bits per heavy atom. The van der Waals surface area contributed by atoms with Gasteiger partial charge >= 0.3 is 0 Å². The number of amides is 2. The van der Waals surface area contributed by atoms with Crippen LogP contribution in [0.2, 0.25) is 0 Å². The van der Waals surface area contributed by atoms with Crippen molar-refractivity contribution in [1.82, 2.24) is 29.7 Å². The molecule has 2 aliphatic rings. The summed E-state index contributed by atoms with van der Waals surface area (Å²) in [5.74, 6) is -0.0919. The minimum absolute atomic E-state index is 0.00415. The molecule has 1 unspecified atom stereocenters. The van der Waals surface area contributed by atoms with E-state index in [9.17, 15) is 9.59 Å². The molecule has 5 rings (SSSR count). The second-order valence-corrected chi connectivity index (χ2v) is 7.83. The van der Waals surface area contributed by atoms with Crippen molar-refractivity contribution in [2.75, 3.05) is 32.7 Å². The molecule has 0 saturated carbocycles. The number of nitrogens with one attached hydrogen (secondary N) is 1. The Balaban J connectivity index is 1.30. The quantitative estimate of drug-likeness (QED) is 0.700. The maximum atomic E-state index is 13.0. The van der Waals surface area contributed by atoms with Gasteiger partial charge in [-0.1, -0.05) is 30.3 Å². The topological polar surface area (TPSA) is 83.4 Å². The molecule has 2 saturated heterocycles. The molecule has 0 spiro atoms. The van der Waals surface area contributed by atoms with Crippen molar-refractivity contribution in [3.8, 4) is 0 Å². The second kappa shape index (κ2) is 7.87. The third-order valence-electron chi connectivity index (χ3n) is 5.97. The SMILES string of the molecule is O=C1NCCN2CCN(C(=O)c3cnc4c(c3)ncn4CCc3ccccc3)CC12. The van der Waals surface area contributed by atoms with Gasteiger partial charge in [0.1, 0.15) is 11.6 Å². The first-order valence-electron chi connectivity index (χ1n) is 10.3. The van der Waals surface area contributed by atoms with Crippen LogP contribution in [0.1, 0.15) is 15.9 Å². The molecule has 2 fully saturated rings. The standard InChI is InChI=1S/C22H24N6O2/c29-21-19-14-27(11-10-26(19)9-7-23-21)22(30)17-12-18-20(24-13-17)28(15-25-18)8-6-16-4-2-1-3-5-16/h1-5,12-13,15,19H,6-11,14H2,(H,23,29). The van der Waals surface area contributed by atoms with Crippen LogP contribution in [0.4, 0.5) is 0 Å². The summed E-state index contributed by atoms with van der Waals surface area (Å²) in [7, 11) is 0. The van der Waals surface area contributed by atoms with E-state index in [0.29, 0.717) is 37.3 Å². The minimum Gasteiger partial charge on any atom is -0.353 e. The number of piperazine rings is 2. The van der Waals surface area contributed by atoms with Gasteiger partial charge in [-0.2, -0.15) is 0 Å². The number of hydrogen-bond acceptors (Lipinski definition) is 5. The molecule has 0 aliphatic carbocycles. The number of nitrogens with zero attached hydrogens (tertiary/aromatic N) is 5. The highest BCUT2D eigenvalue weighted by atomic mass is 16.2. The van der Waals surface area contributed by atoms with Gasteiger partial charge in [-0.15, -0.1) is 0 Å². The number of imidazole rings is 1. The number of fused-ring (bicyclic) bond motifs is 2. The first kappa shape index (κ1) is 18.7. The zero-order chi connectivity index (χ0) is 20.5. The fourth-order valence-corrected chi connectivity index (χ4v) is 4.27. The molecular formula is C22H24N6O2. The van der Waals surface area contributed by atoms with Crippen molar-refractivity contribution in [2.24, 2.45) is 0 Å². The van der Waals surface area contributed by atoms with E-state index in [1.807, 2.05) is 22.8 Å². The van der Waals surface area contributed by atoms with Gasteiger partial charge in [0, 0.05) is 45.5 Å². The van der Waals surface area contributed by atoms with Crippen molar-refractivity contribution in [3.63, 3.8) is 0 Å². The summed E-state index contributed by atoms with van der Waals surface area (Å²) in [5, 5.41) is 2.89. The number of carbonyl (C=O) groups is 2. The Kier molecular flexibility index (Phi) is 4.92. The summed E-state index contributed by atoms with van der Waals surface area (Å²) in [6.07, 6.45) is 4.29. The molecule has 30 heavy (non-hydrogen) atoms. The average molecular weight is 404 g/mol. The molecule has 0 bridgehead atoms. The van der Waals surface area contributed by atoms with Crippen LogP contribution in [0.5, 0.6) is 0 Å². The highest BCUT2D eigenvalue weighted by Crippen LogP contribution is 2.18. The first-order valence-corrected chi connectivity index (χ1v) is 10.3. The molecule has 154 valence electrons. The molecule has 8 nitrogen and oxygen atoms in total. The van der Waals surface area contributed by atoms with E-state index < -0.39 is 0 Å². The van der Waals surface area contributed by atoms with Crippen LogP contribution >= 0.6 is 0 Å². The highest BCUT2D eigenvalue weighted by Gasteiger charge is 2.36. The number of aromatic nitrogens is 3. The van der Waals surface area contributed by atoms with Crippen LogP contribution in [-0.4, -0.2) is 74.9 Å². The predicted molar refractivity (Wildman–Crippen MR) is 112 cm³/mol. The van der Waals surface area contributed by atoms with E-state index in [0.717, 1.165) is 25.2 Å². The average Bonchev–Trinajstić information content (AvgIpc) is 3.20.